The van der Waals surface area contributed by atoms with Crippen molar-refractivity contribution in [3.8, 4) is 0 Å². The molecule has 2 aromatic rings. The van der Waals surface area contributed by atoms with Gasteiger partial charge in [-0.15, -0.1) is 0 Å². The van der Waals surface area contributed by atoms with Crippen LogP contribution in [0.2, 0.25) is 0 Å². The van der Waals surface area contributed by atoms with E-state index in [4.69, 9.17) is 4.74 Å². The van der Waals surface area contributed by atoms with Crippen molar-refractivity contribution in [3.63, 3.8) is 0 Å². The first kappa shape index (κ1) is 22.4. The van der Waals surface area contributed by atoms with Gasteiger partial charge in [0.05, 0.1) is 5.75 Å². The van der Waals surface area contributed by atoms with E-state index in [2.05, 4.69) is 10.6 Å². The van der Waals surface area contributed by atoms with Gasteiger partial charge in [0.25, 0.3) is 0 Å². The summed E-state index contributed by atoms with van der Waals surface area (Å²) in [5.74, 6) is -1.51. The smallest absolute Gasteiger partial charge is 0.408 e. The quantitative estimate of drug-likeness (QED) is 0.681. The van der Waals surface area contributed by atoms with Gasteiger partial charge in [0.15, 0.2) is 0 Å². The molecule has 0 aliphatic carbocycles. The SMILES string of the molecule is Cc1ccc(F)cc1NC(=O)C(CCS(C)(=O)=O)NC(=O)OCc1ccccc1. The van der Waals surface area contributed by atoms with Gasteiger partial charge < -0.3 is 15.4 Å². The maximum atomic E-state index is 13.5. The second-order valence-corrected chi connectivity index (χ2v) is 8.89. The minimum Gasteiger partial charge on any atom is -0.445 e. The van der Waals surface area contributed by atoms with E-state index in [1.807, 2.05) is 6.07 Å². The van der Waals surface area contributed by atoms with Gasteiger partial charge in [-0.05, 0) is 36.6 Å². The summed E-state index contributed by atoms with van der Waals surface area (Å²) in [5.41, 5.74) is 1.61. The highest BCUT2D eigenvalue weighted by Gasteiger charge is 2.24. The fraction of sp³-hybridized carbons (Fsp3) is 0.300. The number of halogens is 1. The third-order valence-corrected chi connectivity index (χ3v) is 5.03. The van der Waals surface area contributed by atoms with Crippen molar-refractivity contribution in [2.24, 2.45) is 0 Å². The van der Waals surface area contributed by atoms with Gasteiger partial charge in [-0.2, -0.15) is 0 Å². The van der Waals surface area contributed by atoms with E-state index >= 15 is 0 Å². The van der Waals surface area contributed by atoms with Crippen LogP contribution in [0.4, 0.5) is 14.9 Å². The second kappa shape index (κ2) is 10.0. The van der Waals surface area contributed by atoms with Gasteiger partial charge in [-0.3, -0.25) is 4.79 Å². The minimum absolute atomic E-state index is 0.00388. The first-order chi connectivity index (χ1) is 13.6. The van der Waals surface area contributed by atoms with E-state index in [1.165, 1.54) is 12.1 Å². The third kappa shape index (κ3) is 7.90. The number of benzene rings is 2. The second-order valence-electron chi connectivity index (χ2n) is 6.63. The zero-order chi connectivity index (χ0) is 21.4. The van der Waals surface area contributed by atoms with E-state index in [0.29, 0.717) is 5.56 Å². The van der Waals surface area contributed by atoms with Crippen LogP contribution in [0, 0.1) is 12.7 Å². The summed E-state index contributed by atoms with van der Waals surface area (Å²) >= 11 is 0. The van der Waals surface area contributed by atoms with E-state index in [0.717, 1.165) is 17.9 Å². The molecule has 2 amide bonds. The molecule has 2 aromatic carbocycles. The lowest BCUT2D eigenvalue weighted by Crippen LogP contribution is -2.45. The van der Waals surface area contributed by atoms with Crippen molar-refractivity contribution in [2.75, 3.05) is 17.3 Å². The average molecular weight is 422 g/mol. The molecule has 9 heteroatoms. The summed E-state index contributed by atoms with van der Waals surface area (Å²) in [4.78, 5) is 24.7. The van der Waals surface area contributed by atoms with E-state index < -0.39 is 33.7 Å². The molecular formula is C20H23FN2O5S. The summed E-state index contributed by atoms with van der Waals surface area (Å²) in [6.07, 6.45) is 0.0183. The average Bonchev–Trinajstić information content (AvgIpc) is 2.66. The molecule has 0 saturated carbocycles. The lowest BCUT2D eigenvalue weighted by atomic mass is 10.1. The Morgan fingerprint density at radius 3 is 2.48 bits per heavy atom. The summed E-state index contributed by atoms with van der Waals surface area (Å²) in [7, 11) is -3.36. The number of amides is 2. The Kier molecular flexibility index (Phi) is 7.72. The van der Waals surface area contributed by atoms with Crippen LogP contribution in [-0.2, 0) is 26.0 Å². The highest BCUT2D eigenvalue weighted by Crippen LogP contribution is 2.16. The van der Waals surface area contributed by atoms with Crippen molar-refractivity contribution in [1.29, 1.82) is 0 Å². The number of carbonyl (C=O) groups excluding carboxylic acids is 2. The van der Waals surface area contributed by atoms with Gasteiger partial charge in [-0.25, -0.2) is 17.6 Å². The van der Waals surface area contributed by atoms with Gasteiger partial charge in [0, 0.05) is 11.9 Å². The Morgan fingerprint density at radius 1 is 1.14 bits per heavy atom. The van der Waals surface area contributed by atoms with Gasteiger partial charge >= 0.3 is 6.09 Å². The minimum atomic E-state index is -3.36. The number of rotatable bonds is 8. The van der Waals surface area contributed by atoms with Crippen LogP contribution in [0.5, 0.6) is 0 Å². The molecule has 1 atom stereocenters. The monoisotopic (exact) mass is 422 g/mol. The van der Waals surface area contributed by atoms with Crippen molar-refractivity contribution in [2.45, 2.75) is 26.0 Å². The largest absolute Gasteiger partial charge is 0.445 e. The zero-order valence-electron chi connectivity index (χ0n) is 16.1. The number of hydrogen-bond donors (Lipinski definition) is 2. The molecule has 156 valence electrons. The molecule has 2 rings (SSSR count). The van der Waals surface area contributed by atoms with E-state index in [9.17, 15) is 22.4 Å². The number of ether oxygens (including phenoxy) is 1. The van der Waals surface area contributed by atoms with Crippen LogP contribution in [-0.4, -0.2) is 38.5 Å². The molecule has 7 nitrogen and oxygen atoms in total. The molecule has 0 spiro atoms. The molecule has 1 unspecified atom stereocenters. The van der Waals surface area contributed by atoms with Crippen LogP contribution in [0.15, 0.2) is 48.5 Å². The highest BCUT2D eigenvalue weighted by atomic mass is 32.2. The van der Waals surface area contributed by atoms with Crippen molar-refractivity contribution >= 4 is 27.5 Å². The van der Waals surface area contributed by atoms with Crippen LogP contribution >= 0.6 is 0 Å². The number of sulfone groups is 1. The van der Waals surface area contributed by atoms with Crippen molar-refractivity contribution < 1.29 is 27.1 Å². The topological polar surface area (TPSA) is 102 Å². The standard InChI is InChI=1S/C20H23FN2O5S/c1-14-8-9-16(21)12-18(14)22-19(24)17(10-11-29(2,26)27)23-20(25)28-13-15-6-4-3-5-7-15/h3-9,12,17H,10-11,13H2,1-2H3,(H,22,24)(H,23,25). The van der Waals surface area contributed by atoms with Gasteiger partial charge in [-0.1, -0.05) is 36.4 Å². The molecule has 0 aliphatic heterocycles. The van der Waals surface area contributed by atoms with E-state index in [1.54, 1.807) is 31.2 Å². The number of nitrogens with one attached hydrogen (secondary N) is 2. The summed E-state index contributed by atoms with van der Waals surface area (Å²) in [6, 6.07) is 11.7. The zero-order valence-corrected chi connectivity index (χ0v) is 17.0. The summed E-state index contributed by atoms with van der Waals surface area (Å²) in [5, 5.41) is 4.91. The Morgan fingerprint density at radius 2 is 1.83 bits per heavy atom. The van der Waals surface area contributed by atoms with Gasteiger partial charge in [0.2, 0.25) is 5.91 Å². The maximum absolute atomic E-state index is 13.5. The predicted octanol–water partition coefficient (Wildman–Crippen LogP) is 2.80. The summed E-state index contributed by atoms with van der Waals surface area (Å²) in [6.45, 7) is 1.68. The van der Waals surface area contributed by atoms with Crippen LogP contribution in [0.25, 0.3) is 0 Å². The van der Waals surface area contributed by atoms with Crippen LogP contribution < -0.4 is 10.6 Å². The first-order valence-electron chi connectivity index (χ1n) is 8.86. The molecule has 2 N–H and O–H groups in total. The van der Waals surface area contributed by atoms with Crippen LogP contribution in [0.3, 0.4) is 0 Å². The molecule has 0 bridgehead atoms. The summed E-state index contributed by atoms with van der Waals surface area (Å²) < 4.78 is 41.5. The molecule has 0 fully saturated rings. The Bertz CT molecular complexity index is 964. The van der Waals surface area contributed by atoms with Crippen LogP contribution in [0.1, 0.15) is 17.5 Å². The molecule has 29 heavy (non-hydrogen) atoms. The Labute approximate surface area is 169 Å². The lowest BCUT2D eigenvalue weighted by Gasteiger charge is -2.19. The van der Waals surface area contributed by atoms with Gasteiger partial charge in [0.1, 0.15) is 28.3 Å². The third-order valence-electron chi connectivity index (χ3n) is 4.06. The molecule has 0 radical (unpaired) electrons. The molecule has 0 heterocycles. The fourth-order valence-corrected chi connectivity index (χ4v) is 3.12. The Balaban J connectivity index is 2.05. The Hall–Kier alpha value is -2.94. The predicted molar refractivity (Wildman–Crippen MR) is 108 cm³/mol. The van der Waals surface area contributed by atoms with Crippen molar-refractivity contribution in [1.82, 2.24) is 5.32 Å². The first-order valence-corrected chi connectivity index (χ1v) is 10.9. The molecule has 0 saturated heterocycles. The number of carbonyl (C=O) groups is 2. The maximum Gasteiger partial charge on any atom is 0.408 e. The number of hydrogen-bond acceptors (Lipinski definition) is 5. The fourth-order valence-electron chi connectivity index (χ4n) is 2.46. The number of aryl methyl sites for hydroxylation is 1. The number of anilines is 1. The molecular weight excluding hydrogens is 399 g/mol. The van der Waals surface area contributed by atoms with Crippen molar-refractivity contribution in [3.05, 3.63) is 65.5 Å². The van der Waals surface area contributed by atoms with E-state index in [-0.39, 0.29) is 24.5 Å². The number of alkyl carbamates (subject to hydrolysis) is 1. The molecule has 0 aromatic heterocycles. The lowest BCUT2D eigenvalue weighted by molar-refractivity contribution is -0.118. The highest BCUT2D eigenvalue weighted by molar-refractivity contribution is 7.90. The molecule has 0 aliphatic rings. The normalized spacial score (nSPS) is 12.1.